The highest BCUT2D eigenvalue weighted by molar-refractivity contribution is 5.59. The number of ether oxygens (including phenoxy) is 2. The van der Waals surface area contributed by atoms with Crippen molar-refractivity contribution < 1.29 is 14.3 Å². The summed E-state index contributed by atoms with van der Waals surface area (Å²) in [7, 11) is 2.96. The van der Waals surface area contributed by atoms with E-state index in [4.69, 9.17) is 4.74 Å². The third kappa shape index (κ3) is 3.11. The molecule has 0 amide bonds. The van der Waals surface area contributed by atoms with Gasteiger partial charge in [0.15, 0.2) is 0 Å². The van der Waals surface area contributed by atoms with Crippen LogP contribution in [-0.2, 0) is 9.47 Å². The molecule has 1 aliphatic rings. The molecule has 1 rings (SSSR count). The van der Waals surface area contributed by atoms with Crippen molar-refractivity contribution in [3.63, 3.8) is 0 Å². The van der Waals surface area contributed by atoms with Gasteiger partial charge in [0.2, 0.25) is 0 Å². The Bertz CT molecular complexity index is 139. The van der Waals surface area contributed by atoms with Gasteiger partial charge >= 0.3 is 6.16 Å². The zero-order valence-electron chi connectivity index (χ0n) is 7.25. The molecule has 1 aliphatic carbocycles. The van der Waals surface area contributed by atoms with Gasteiger partial charge < -0.3 is 9.47 Å². The minimum atomic E-state index is -0.673. The minimum Gasteiger partial charge on any atom is -0.434 e. The van der Waals surface area contributed by atoms with E-state index in [0.717, 1.165) is 12.3 Å². The van der Waals surface area contributed by atoms with E-state index in [-0.39, 0.29) is 0 Å². The first-order chi connectivity index (χ1) is 5.83. The number of hydrogen-bond donors (Lipinski definition) is 0. The van der Waals surface area contributed by atoms with Crippen LogP contribution in [0.5, 0.6) is 0 Å². The van der Waals surface area contributed by atoms with Crippen LogP contribution >= 0.6 is 0 Å². The highest BCUT2D eigenvalue weighted by Crippen LogP contribution is 2.27. The maximum Gasteiger partial charge on any atom is 0.508 e. The molecular formula is C9H15O3. The first-order valence-electron chi connectivity index (χ1n) is 4.41. The van der Waals surface area contributed by atoms with Crippen molar-refractivity contribution in [2.24, 2.45) is 5.92 Å². The van der Waals surface area contributed by atoms with Crippen LogP contribution in [0.3, 0.4) is 0 Å². The normalized spacial score (nSPS) is 17.8. The Hall–Kier alpha value is -0.730. The Kier molecular flexibility index (Phi) is 3.91. The quantitative estimate of drug-likeness (QED) is 0.612. The number of carbonyl (C=O) groups excluding carboxylic acids is 1. The second-order valence-corrected chi connectivity index (χ2v) is 3.18. The third-order valence-electron chi connectivity index (χ3n) is 2.34. The second kappa shape index (κ2) is 5.01. The average Bonchev–Trinajstić information content (AvgIpc) is 2.57. The van der Waals surface area contributed by atoms with Crippen molar-refractivity contribution >= 4 is 6.16 Å². The predicted molar refractivity (Wildman–Crippen MR) is 44.4 cm³/mol. The van der Waals surface area contributed by atoms with E-state index < -0.39 is 6.16 Å². The summed E-state index contributed by atoms with van der Waals surface area (Å²) in [6.45, 7) is 0.471. The van der Waals surface area contributed by atoms with Crippen molar-refractivity contribution in [1.82, 2.24) is 0 Å². The fourth-order valence-corrected chi connectivity index (χ4v) is 1.65. The maximum atomic E-state index is 10.5. The van der Waals surface area contributed by atoms with Crippen LogP contribution in [-0.4, -0.2) is 12.8 Å². The fourth-order valence-electron chi connectivity index (χ4n) is 1.65. The van der Waals surface area contributed by atoms with Crippen LogP contribution in [0.4, 0.5) is 4.79 Å². The van der Waals surface area contributed by atoms with E-state index in [1.165, 1.54) is 25.7 Å². The molecule has 0 heterocycles. The van der Waals surface area contributed by atoms with Crippen LogP contribution in [0.25, 0.3) is 0 Å². The van der Waals surface area contributed by atoms with E-state index in [2.05, 4.69) is 11.8 Å². The molecule has 3 heteroatoms. The van der Waals surface area contributed by atoms with E-state index in [1.54, 1.807) is 0 Å². The van der Waals surface area contributed by atoms with Gasteiger partial charge in [-0.1, -0.05) is 25.7 Å². The van der Waals surface area contributed by atoms with E-state index in [9.17, 15) is 4.79 Å². The predicted octanol–water partition coefficient (Wildman–Crippen LogP) is 2.51. The van der Waals surface area contributed by atoms with Crippen molar-refractivity contribution in [2.45, 2.75) is 32.1 Å². The molecule has 0 spiro atoms. The molecule has 0 N–H and O–H groups in total. The zero-order chi connectivity index (χ0) is 8.81. The summed E-state index contributed by atoms with van der Waals surface area (Å²) in [6, 6.07) is 0. The summed E-state index contributed by atoms with van der Waals surface area (Å²) >= 11 is 0. The molecule has 1 radical (unpaired) electrons. The van der Waals surface area contributed by atoms with Gasteiger partial charge in [-0.3, -0.25) is 0 Å². The van der Waals surface area contributed by atoms with E-state index in [1.807, 2.05) is 0 Å². The Morgan fingerprint density at radius 2 is 2.08 bits per heavy atom. The van der Waals surface area contributed by atoms with Gasteiger partial charge in [0, 0.05) is 0 Å². The first-order valence-corrected chi connectivity index (χ1v) is 4.41. The monoisotopic (exact) mass is 171 g/mol. The maximum absolute atomic E-state index is 10.5. The zero-order valence-corrected chi connectivity index (χ0v) is 7.25. The molecule has 1 fully saturated rings. The Morgan fingerprint density at radius 1 is 1.42 bits per heavy atom. The minimum absolute atomic E-state index is 0.471. The van der Waals surface area contributed by atoms with E-state index >= 15 is 0 Å². The molecule has 0 aromatic rings. The Labute approximate surface area is 73.0 Å². The lowest BCUT2D eigenvalue weighted by Gasteiger charge is -2.07. The smallest absolute Gasteiger partial charge is 0.434 e. The SMILES string of the molecule is [CH2]OC(=O)OCCC1CCCC1. The summed E-state index contributed by atoms with van der Waals surface area (Å²) < 4.78 is 8.83. The molecule has 0 aromatic carbocycles. The molecular weight excluding hydrogens is 156 g/mol. The largest absolute Gasteiger partial charge is 0.508 e. The van der Waals surface area contributed by atoms with E-state index in [0.29, 0.717) is 6.61 Å². The molecule has 1 saturated carbocycles. The molecule has 0 unspecified atom stereocenters. The lowest BCUT2D eigenvalue weighted by atomic mass is 10.1. The summed E-state index contributed by atoms with van der Waals surface area (Å²) in [6.07, 6.45) is 5.50. The highest BCUT2D eigenvalue weighted by Gasteiger charge is 2.15. The standard InChI is InChI=1S/C9H15O3/c1-11-9(10)12-7-6-8-4-2-3-5-8/h8H,1-7H2. The van der Waals surface area contributed by atoms with Gasteiger partial charge in [0.05, 0.1) is 6.61 Å². The van der Waals surface area contributed by atoms with Crippen LogP contribution in [0, 0.1) is 13.0 Å². The lowest BCUT2D eigenvalue weighted by Crippen LogP contribution is -2.07. The molecule has 0 aliphatic heterocycles. The number of carbonyl (C=O) groups is 1. The van der Waals surface area contributed by atoms with Gasteiger partial charge in [-0.15, -0.1) is 0 Å². The van der Waals surface area contributed by atoms with Gasteiger partial charge in [-0.2, -0.15) is 0 Å². The van der Waals surface area contributed by atoms with Crippen LogP contribution < -0.4 is 0 Å². The molecule has 0 saturated heterocycles. The van der Waals surface area contributed by atoms with Gasteiger partial charge in [-0.05, 0) is 12.3 Å². The summed E-state index contributed by atoms with van der Waals surface area (Å²) in [5.41, 5.74) is 0. The van der Waals surface area contributed by atoms with Crippen molar-refractivity contribution in [2.75, 3.05) is 6.61 Å². The number of hydrogen-bond acceptors (Lipinski definition) is 3. The van der Waals surface area contributed by atoms with Gasteiger partial charge in [-0.25, -0.2) is 4.79 Å². The molecule has 0 atom stereocenters. The Morgan fingerprint density at radius 3 is 2.67 bits per heavy atom. The molecule has 3 nitrogen and oxygen atoms in total. The topological polar surface area (TPSA) is 35.5 Å². The first kappa shape index (κ1) is 9.36. The third-order valence-corrected chi connectivity index (χ3v) is 2.34. The molecule has 0 aromatic heterocycles. The summed E-state index contributed by atoms with van der Waals surface area (Å²) in [4.78, 5) is 10.5. The average molecular weight is 171 g/mol. The van der Waals surface area contributed by atoms with Crippen LogP contribution in [0.15, 0.2) is 0 Å². The lowest BCUT2D eigenvalue weighted by molar-refractivity contribution is 0.0782. The molecule has 69 valence electrons. The summed E-state index contributed by atoms with van der Waals surface area (Å²) in [5, 5.41) is 0. The molecule has 0 bridgehead atoms. The highest BCUT2D eigenvalue weighted by atomic mass is 16.7. The summed E-state index contributed by atoms with van der Waals surface area (Å²) in [5.74, 6) is 0.752. The van der Waals surface area contributed by atoms with Gasteiger partial charge in [0.25, 0.3) is 0 Å². The fraction of sp³-hybridized carbons (Fsp3) is 0.778. The van der Waals surface area contributed by atoms with Crippen molar-refractivity contribution in [3.8, 4) is 0 Å². The Balaban J connectivity index is 1.97. The van der Waals surface area contributed by atoms with Gasteiger partial charge in [0.1, 0.15) is 7.11 Å². The van der Waals surface area contributed by atoms with Crippen LogP contribution in [0.1, 0.15) is 32.1 Å². The van der Waals surface area contributed by atoms with Crippen molar-refractivity contribution in [1.29, 1.82) is 0 Å². The van der Waals surface area contributed by atoms with Crippen LogP contribution in [0.2, 0.25) is 0 Å². The second-order valence-electron chi connectivity index (χ2n) is 3.18. The number of rotatable bonds is 3. The van der Waals surface area contributed by atoms with Crippen molar-refractivity contribution in [3.05, 3.63) is 7.11 Å². The molecule has 12 heavy (non-hydrogen) atoms.